The molecule has 2 aromatic carbocycles. The maximum atomic E-state index is 11.9. The number of rotatable bonds is 10. The molecule has 0 bridgehead atoms. The fourth-order valence-corrected chi connectivity index (χ4v) is 3.47. The molecule has 0 aliphatic rings. The van der Waals surface area contributed by atoms with Gasteiger partial charge in [0.25, 0.3) is 0 Å². The van der Waals surface area contributed by atoms with Crippen LogP contribution in [0.3, 0.4) is 0 Å². The lowest BCUT2D eigenvalue weighted by Crippen LogP contribution is -2.33. The fraction of sp³-hybridized carbons (Fsp3) is 0.409. The average molecular weight is 435 g/mol. The van der Waals surface area contributed by atoms with Crippen LogP contribution in [0.15, 0.2) is 48.5 Å². The normalized spacial score (nSPS) is 13.5. The Morgan fingerprint density at radius 2 is 1.60 bits per heavy atom. The number of hydrogen-bond acceptors (Lipinski definition) is 5. The van der Waals surface area contributed by atoms with Gasteiger partial charge in [-0.15, -0.1) is 0 Å². The first kappa shape index (κ1) is 23.7. The molecule has 8 heteroatoms. The van der Waals surface area contributed by atoms with Crippen molar-refractivity contribution in [1.82, 2.24) is 4.72 Å². The smallest absolute Gasteiger partial charge is 0.238 e. The van der Waals surface area contributed by atoms with E-state index in [1.165, 1.54) is 6.92 Å². The standard InChI is InChI=1S/C22H30N2O5S/c1-15(2)30(26,27)23-14-16(3)19-10-12-20(13-11-19)28-18(5)29-22-9-7-6-8-21(22)24-17(4)25/h6-13,15-16,18,23H,14H2,1-5H3,(H,24,25). The molecule has 0 saturated carbocycles. The van der Waals surface area contributed by atoms with E-state index >= 15 is 0 Å². The predicted octanol–water partition coefficient (Wildman–Crippen LogP) is 3.88. The van der Waals surface area contributed by atoms with Crippen LogP contribution in [0.4, 0.5) is 5.69 Å². The van der Waals surface area contributed by atoms with Gasteiger partial charge in [-0.25, -0.2) is 13.1 Å². The molecule has 7 nitrogen and oxygen atoms in total. The minimum absolute atomic E-state index is 0.0192. The third-order valence-electron chi connectivity index (χ3n) is 4.45. The summed E-state index contributed by atoms with van der Waals surface area (Å²) in [5.41, 5.74) is 1.58. The van der Waals surface area contributed by atoms with Crippen molar-refractivity contribution in [2.45, 2.75) is 52.1 Å². The second-order valence-corrected chi connectivity index (χ2v) is 9.71. The van der Waals surface area contributed by atoms with Crippen LogP contribution in [0.2, 0.25) is 0 Å². The Morgan fingerprint density at radius 3 is 2.20 bits per heavy atom. The molecule has 30 heavy (non-hydrogen) atoms. The Hall–Kier alpha value is -2.58. The Labute approximate surface area is 178 Å². The van der Waals surface area contributed by atoms with E-state index in [1.807, 2.05) is 43.3 Å². The molecule has 0 saturated heterocycles. The molecule has 164 valence electrons. The highest BCUT2D eigenvalue weighted by Gasteiger charge is 2.17. The minimum atomic E-state index is -3.28. The van der Waals surface area contributed by atoms with Crippen molar-refractivity contribution in [2.24, 2.45) is 0 Å². The number of amides is 1. The highest BCUT2D eigenvalue weighted by molar-refractivity contribution is 7.90. The summed E-state index contributed by atoms with van der Waals surface area (Å²) in [7, 11) is -3.28. The van der Waals surface area contributed by atoms with Crippen LogP contribution in [0, 0.1) is 0 Å². The van der Waals surface area contributed by atoms with E-state index in [4.69, 9.17) is 9.47 Å². The summed E-state index contributed by atoms with van der Waals surface area (Å²) >= 11 is 0. The minimum Gasteiger partial charge on any atom is -0.455 e. The summed E-state index contributed by atoms with van der Waals surface area (Å²) in [6, 6.07) is 14.6. The number of carbonyl (C=O) groups excluding carboxylic acids is 1. The van der Waals surface area contributed by atoms with Crippen molar-refractivity contribution in [3.05, 3.63) is 54.1 Å². The summed E-state index contributed by atoms with van der Waals surface area (Å²) in [6.07, 6.45) is -0.582. The van der Waals surface area contributed by atoms with Gasteiger partial charge in [-0.3, -0.25) is 4.79 Å². The molecule has 2 rings (SSSR count). The van der Waals surface area contributed by atoms with E-state index in [1.54, 1.807) is 32.9 Å². The van der Waals surface area contributed by atoms with E-state index in [0.29, 0.717) is 23.7 Å². The first-order valence-electron chi connectivity index (χ1n) is 9.87. The van der Waals surface area contributed by atoms with Gasteiger partial charge in [0.2, 0.25) is 22.2 Å². The molecular weight excluding hydrogens is 404 g/mol. The number of para-hydroxylation sites is 2. The van der Waals surface area contributed by atoms with Crippen molar-refractivity contribution in [3.63, 3.8) is 0 Å². The van der Waals surface area contributed by atoms with Gasteiger partial charge in [0.15, 0.2) is 0 Å². The van der Waals surface area contributed by atoms with Gasteiger partial charge in [0.05, 0.1) is 10.9 Å². The lowest BCUT2D eigenvalue weighted by molar-refractivity contribution is -0.114. The summed E-state index contributed by atoms with van der Waals surface area (Å²) in [6.45, 7) is 8.80. The quantitative estimate of drug-likeness (QED) is 0.554. The lowest BCUT2D eigenvalue weighted by atomic mass is 10.0. The maximum absolute atomic E-state index is 11.9. The summed E-state index contributed by atoms with van der Waals surface area (Å²) in [5, 5.41) is 2.26. The van der Waals surface area contributed by atoms with Crippen LogP contribution in [0.25, 0.3) is 0 Å². The molecule has 2 aromatic rings. The van der Waals surface area contributed by atoms with E-state index in [9.17, 15) is 13.2 Å². The van der Waals surface area contributed by atoms with Crippen molar-refractivity contribution >= 4 is 21.6 Å². The van der Waals surface area contributed by atoms with Crippen molar-refractivity contribution < 1.29 is 22.7 Å². The number of anilines is 1. The largest absolute Gasteiger partial charge is 0.455 e. The van der Waals surface area contributed by atoms with Crippen LogP contribution in [0.5, 0.6) is 11.5 Å². The van der Waals surface area contributed by atoms with Crippen LogP contribution >= 0.6 is 0 Å². The fourth-order valence-electron chi connectivity index (χ4n) is 2.66. The zero-order chi connectivity index (χ0) is 22.3. The van der Waals surface area contributed by atoms with E-state index < -0.39 is 21.6 Å². The Bertz CT molecular complexity index is 942. The van der Waals surface area contributed by atoms with Crippen molar-refractivity contribution in [1.29, 1.82) is 0 Å². The molecule has 0 aromatic heterocycles. The number of hydrogen-bond donors (Lipinski definition) is 2. The van der Waals surface area contributed by atoms with Gasteiger partial charge in [-0.2, -0.15) is 0 Å². The first-order valence-corrected chi connectivity index (χ1v) is 11.4. The zero-order valence-electron chi connectivity index (χ0n) is 18.0. The third-order valence-corrected chi connectivity index (χ3v) is 6.26. The maximum Gasteiger partial charge on any atom is 0.238 e. The van der Waals surface area contributed by atoms with Crippen LogP contribution in [-0.2, 0) is 14.8 Å². The number of sulfonamides is 1. The lowest BCUT2D eigenvalue weighted by Gasteiger charge is -2.19. The molecule has 0 aliphatic carbocycles. The van der Waals surface area contributed by atoms with E-state index in [0.717, 1.165) is 5.56 Å². The zero-order valence-corrected chi connectivity index (χ0v) is 18.8. The van der Waals surface area contributed by atoms with Crippen LogP contribution < -0.4 is 19.5 Å². The molecule has 2 N–H and O–H groups in total. The van der Waals surface area contributed by atoms with Gasteiger partial charge in [-0.1, -0.05) is 31.2 Å². The molecule has 2 atom stereocenters. The second-order valence-electron chi connectivity index (χ2n) is 7.39. The van der Waals surface area contributed by atoms with E-state index in [2.05, 4.69) is 10.0 Å². The van der Waals surface area contributed by atoms with Gasteiger partial charge >= 0.3 is 0 Å². The van der Waals surface area contributed by atoms with Gasteiger partial charge in [0, 0.05) is 20.4 Å². The van der Waals surface area contributed by atoms with Crippen LogP contribution in [0.1, 0.15) is 46.1 Å². The molecule has 0 heterocycles. The first-order chi connectivity index (χ1) is 14.1. The number of carbonyl (C=O) groups is 1. The Morgan fingerprint density at radius 1 is 0.967 bits per heavy atom. The van der Waals surface area contributed by atoms with Crippen molar-refractivity contribution in [2.75, 3.05) is 11.9 Å². The third kappa shape index (κ3) is 7.03. The topological polar surface area (TPSA) is 93.7 Å². The second kappa shape index (κ2) is 10.4. The van der Waals surface area contributed by atoms with E-state index in [-0.39, 0.29) is 11.8 Å². The van der Waals surface area contributed by atoms with Gasteiger partial charge in [-0.05, 0) is 49.6 Å². The van der Waals surface area contributed by atoms with Gasteiger partial charge < -0.3 is 14.8 Å². The SMILES string of the molecule is CC(=O)Nc1ccccc1OC(C)Oc1ccc(C(C)CNS(=O)(=O)C(C)C)cc1. The predicted molar refractivity (Wildman–Crippen MR) is 118 cm³/mol. The highest BCUT2D eigenvalue weighted by atomic mass is 32.2. The molecule has 0 fully saturated rings. The molecule has 0 radical (unpaired) electrons. The molecular formula is C22H30N2O5S. The van der Waals surface area contributed by atoms with Crippen molar-refractivity contribution in [3.8, 4) is 11.5 Å². The molecule has 0 spiro atoms. The average Bonchev–Trinajstić information content (AvgIpc) is 2.67. The number of ether oxygens (including phenoxy) is 2. The van der Waals surface area contributed by atoms with Crippen LogP contribution in [-0.4, -0.2) is 32.4 Å². The Kier molecular flexibility index (Phi) is 8.25. The van der Waals surface area contributed by atoms with Gasteiger partial charge in [0.1, 0.15) is 11.5 Å². The number of nitrogens with one attached hydrogen (secondary N) is 2. The Balaban J connectivity index is 1.95. The summed E-state index contributed by atoms with van der Waals surface area (Å²) in [5.74, 6) is 0.979. The molecule has 2 unspecified atom stereocenters. The highest BCUT2D eigenvalue weighted by Crippen LogP contribution is 2.26. The summed E-state index contributed by atoms with van der Waals surface area (Å²) in [4.78, 5) is 11.3. The number of benzene rings is 2. The molecule has 1 amide bonds. The monoisotopic (exact) mass is 434 g/mol. The molecule has 0 aliphatic heterocycles. The summed E-state index contributed by atoms with van der Waals surface area (Å²) < 4.78 is 38.1.